The zero-order valence-electron chi connectivity index (χ0n) is 16.3. The lowest BCUT2D eigenvalue weighted by Gasteiger charge is -2.35. The van der Waals surface area contributed by atoms with Crippen molar-refractivity contribution in [3.8, 4) is 0 Å². The minimum absolute atomic E-state index is 0.0437. The van der Waals surface area contributed by atoms with Gasteiger partial charge in [-0.15, -0.1) is 0 Å². The Kier molecular flexibility index (Phi) is 6.18. The van der Waals surface area contributed by atoms with E-state index in [9.17, 15) is 13.2 Å². The Morgan fingerprint density at radius 1 is 1.07 bits per heavy atom. The number of carbonyl (C=O) groups is 1. The Morgan fingerprint density at radius 3 is 2.37 bits per heavy atom. The van der Waals surface area contributed by atoms with Crippen LogP contribution in [0.3, 0.4) is 0 Å². The normalized spacial score (nSPS) is 27.6. The molecule has 7 heteroatoms. The van der Waals surface area contributed by atoms with Crippen molar-refractivity contribution in [2.24, 2.45) is 17.8 Å². The number of halogens is 1. The van der Waals surface area contributed by atoms with Gasteiger partial charge < -0.3 is 4.90 Å². The van der Waals surface area contributed by atoms with Crippen LogP contribution in [-0.4, -0.2) is 49.7 Å². The first-order valence-corrected chi connectivity index (χ1v) is 11.6. The molecule has 0 saturated carbocycles. The van der Waals surface area contributed by atoms with Crippen LogP contribution in [0.4, 0.5) is 0 Å². The molecular formula is C20H29ClN2O3S. The topological polar surface area (TPSA) is 57.7 Å². The summed E-state index contributed by atoms with van der Waals surface area (Å²) in [6.07, 6.45) is 2.99. The van der Waals surface area contributed by atoms with Gasteiger partial charge in [0.25, 0.3) is 5.91 Å². The monoisotopic (exact) mass is 412 g/mol. The van der Waals surface area contributed by atoms with Crippen LogP contribution < -0.4 is 0 Å². The summed E-state index contributed by atoms with van der Waals surface area (Å²) in [6, 6.07) is 4.63. The summed E-state index contributed by atoms with van der Waals surface area (Å²) in [4.78, 5) is 14.9. The Bertz CT molecular complexity index is 801. The zero-order valence-corrected chi connectivity index (χ0v) is 17.9. The van der Waals surface area contributed by atoms with Crippen LogP contribution in [-0.2, 0) is 10.0 Å². The van der Waals surface area contributed by atoms with E-state index in [-0.39, 0.29) is 15.8 Å². The van der Waals surface area contributed by atoms with E-state index in [1.165, 1.54) is 16.4 Å². The third kappa shape index (κ3) is 4.49. The van der Waals surface area contributed by atoms with Crippen molar-refractivity contribution < 1.29 is 13.2 Å². The molecule has 3 rings (SSSR count). The maximum atomic E-state index is 13.1. The summed E-state index contributed by atoms with van der Waals surface area (Å²) in [5.41, 5.74) is 0.393. The molecule has 5 nitrogen and oxygen atoms in total. The van der Waals surface area contributed by atoms with Gasteiger partial charge in [-0.2, -0.15) is 4.31 Å². The second kappa shape index (κ2) is 8.10. The van der Waals surface area contributed by atoms with E-state index >= 15 is 0 Å². The van der Waals surface area contributed by atoms with Crippen LogP contribution in [0.15, 0.2) is 23.1 Å². The Labute approximate surface area is 167 Å². The zero-order chi connectivity index (χ0) is 19.8. The van der Waals surface area contributed by atoms with Gasteiger partial charge in [0.15, 0.2) is 0 Å². The molecule has 0 aliphatic carbocycles. The number of hydrogen-bond acceptors (Lipinski definition) is 3. The van der Waals surface area contributed by atoms with Gasteiger partial charge in [0.1, 0.15) is 4.90 Å². The fourth-order valence-corrected chi connectivity index (χ4v) is 6.45. The molecule has 150 valence electrons. The van der Waals surface area contributed by atoms with Crippen LogP contribution in [0.25, 0.3) is 0 Å². The largest absolute Gasteiger partial charge is 0.338 e. The summed E-state index contributed by atoms with van der Waals surface area (Å²) < 4.78 is 27.8. The molecule has 1 aromatic carbocycles. The van der Waals surface area contributed by atoms with E-state index in [0.717, 1.165) is 19.3 Å². The summed E-state index contributed by atoms with van der Waals surface area (Å²) in [5, 5.41) is 0.171. The molecule has 1 aromatic rings. The molecule has 1 amide bonds. The average molecular weight is 413 g/mol. The molecule has 0 aromatic heterocycles. The smallest absolute Gasteiger partial charge is 0.253 e. The van der Waals surface area contributed by atoms with E-state index in [1.54, 1.807) is 6.07 Å². The molecule has 2 aliphatic heterocycles. The second-order valence-electron chi connectivity index (χ2n) is 8.41. The van der Waals surface area contributed by atoms with E-state index in [4.69, 9.17) is 11.6 Å². The Morgan fingerprint density at radius 2 is 1.74 bits per heavy atom. The van der Waals surface area contributed by atoms with Crippen LogP contribution >= 0.6 is 11.6 Å². The SMILES string of the molecule is C[C@@H]1C[C@H](C)CN(C(=O)c2ccc(Cl)c(S(=O)(=O)N3CCC[C@H](C)C3)c2)C1. The van der Waals surface area contributed by atoms with Gasteiger partial charge in [-0.3, -0.25) is 4.79 Å². The summed E-state index contributed by atoms with van der Waals surface area (Å²) in [7, 11) is -3.70. The van der Waals surface area contributed by atoms with Crippen molar-refractivity contribution in [3.05, 3.63) is 28.8 Å². The van der Waals surface area contributed by atoms with Crippen molar-refractivity contribution in [2.45, 2.75) is 44.9 Å². The van der Waals surface area contributed by atoms with Crippen LogP contribution in [0, 0.1) is 17.8 Å². The molecule has 2 heterocycles. The first kappa shape index (κ1) is 20.6. The maximum Gasteiger partial charge on any atom is 0.253 e. The third-order valence-corrected chi connectivity index (χ3v) is 7.92. The Balaban J connectivity index is 1.89. The number of amides is 1. The summed E-state index contributed by atoms with van der Waals surface area (Å²) >= 11 is 6.24. The highest BCUT2D eigenvalue weighted by Crippen LogP contribution is 2.30. The fourth-order valence-electron chi connectivity index (χ4n) is 4.35. The second-order valence-corrected chi connectivity index (χ2v) is 10.7. The standard InChI is InChI=1S/C20H29ClN2O3S/c1-14-5-4-8-23(13-14)27(25,26)19-10-17(6-7-18(19)21)20(24)22-11-15(2)9-16(3)12-22/h6-7,10,14-16H,4-5,8-9,11-13H2,1-3H3/t14-,15-,16+/m0/s1. The van der Waals surface area contributed by atoms with E-state index in [1.807, 2.05) is 4.90 Å². The first-order chi connectivity index (χ1) is 12.7. The van der Waals surface area contributed by atoms with Crippen molar-refractivity contribution in [1.29, 1.82) is 0 Å². The number of rotatable bonds is 3. The molecular weight excluding hydrogens is 384 g/mol. The molecule has 0 spiro atoms. The number of sulfonamides is 1. The Hall–Kier alpha value is -1.11. The fraction of sp³-hybridized carbons (Fsp3) is 0.650. The molecule has 0 radical (unpaired) electrons. The lowest BCUT2D eigenvalue weighted by Crippen LogP contribution is -2.42. The van der Waals surface area contributed by atoms with Crippen molar-refractivity contribution in [3.63, 3.8) is 0 Å². The number of hydrogen-bond donors (Lipinski definition) is 0. The lowest BCUT2D eigenvalue weighted by atomic mass is 9.91. The van der Waals surface area contributed by atoms with Gasteiger partial charge in [-0.1, -0.05) is 32.4 Å². The van der Waals surface area contributed by atoms with Gasteiger partial charge in [-0.05, 0) is 55.2 Å². The van der Waals surface area contributed by atoms with Gasteiger partial charge in [0.05, 0.1) is 5.02 Å². The van der Waals surface area contributed by atoms with Crippen LogP contribution in [0.2, 0.25) is 5.02 Å². The summed E-state index contributed by atoms with van der Waals surface area (Å²) in [6.45, 7) is 8.76. The first-order valence-electron chi connectivity index (χ1n) is 9.77. The predicted octanol–water partition coefficient (Wildman–Crippen LogP) is 3.88. The van der Waals surface area contributed by atoms with Gasteiger partial charge >= 0.3 is 0 Å². The number of piperidine rings is 2. The van der Waals surface area contributed by atoms with E-state index < -0.39 is 10.0 Å². The highest BCUT2D eigenvalue weighted by Gasteiger charge is 2.32. The predicted molar refractivity (Wildman–Crippen MR) is 107 cm³/mol. The quantitative estimate of drug-likeness (QED) is 0.756. The lowest BCUT2D eigenvalue weighted by molar-refractivity contribution is 0.0623. The molecule has 0 bridgehead atoms. The van der Waals surface area contributed by atoms with E-state index in [2.05, 4.69) is 20.8 Å². The molecule has 0 N–H and O–H groups in total. The van der Waals surface area contributed by atoms with Crippen molar-refractivity contribution in [1.82, 2.24) is 9.21 Å². The average Bonchev–Trinajstić information content (AvgIpc) is 2.60. The third-order valence-electron chi connectivity index (χ3n) is 5.57. The van der Waals surface area contributed by atoms with Crippen molar-refractivity contribution >= 4 is 27.5 Å². The summed E-state index contributed by atoms with van der Waals surface area (Å²) in [5.74, 6) is 1.10. The van der Waals surface area contributed by atoms with Gasteiger partial charge in [0, 0.05) is 31.7 Å². The maximum absolute atomic E-state index is 13.1. The molecule has 2 fully saturated rings. The van der Waals surface area contributed by atoms with E-state index in [0.29, 0.717) is 49.5 Å². The minimum Gasteiger partial charge on any atom is -0.338 e. The highest BCUT2D eigenvalue weighted by atomic mass is 35.5. The molecule has 0 unspecified atom stereocenters. The van der Waals surface area contributed by atoms with Crippen molar-refractivity contribution in [2.75, 3.05) is 26.2 Å². The van der Waals surface area contributed by atoms with Gasteiger partial charge in [0.2, 0.25) is 10.0 Å². The molecule has 27 heavy (non-hydrogen) atoms. The number of likely N-dealkylation sites (tertiary alicyclic amines) is 1. The molecule has 3 atom stereocenters. The number of nitrogens with zero attached hydrogens (tertiary/aromatic N) is 2. The van der Waals surface area contributed by atoms with Crippen LogP contribution in [0.5, 0.6) is 0 Å². The number of benzene rings is 1. The highest BCUT2D eigenvalue weighted by molar-refractivity contribution is 7.89. The molecule has 2 saturated heterocycles. The van der Waals surface area contributed by atoms with Crippen LogP contribution in [0.1, 0.15) is 50.4 Å². The van der Waals surface area contributed by atoms with Gasteiger partial charge in [-0.25, -0.2) is 8.42 Å². The number of carbonyl (C=O) groups excluding carboxylic acids is 1. The molecule has 2 aliphatic rings. The minimum atomic E-state index is -3.70.